The summed E-state index contributed by atoms with van der Waals surface area (Å²) in [5.74, 6) is 1.40. The Bertz CT molecular complexity index is 400. The van der Waals surface area contributed by atoms with Gasteiger partial charge in [0.05, 0.1) is 12.3 Å². The fraction of sp³-hybridized carbons (Fsp3) is 0.882. The van der Waals surface area contributed by atoms with E-state index in [1.165, 1.54) is 25.7 Å². The minimum Gasteiger partial charge on any atom is -0.360 e. The highest BCUT2D eigenvalue weighted by Crippen LogP contribution is 2.56. The third kappa shape index (κ3) is 1.99. The smallest absolute Gasteiger partial charge is 0.0997 e. The fourth-order valence-corrected chi connectivity index (χ4v) is 5.09. The Morgan fingerprint density at radius 1 is 1.26 bits per heavy atom. The second-order valence-corrected chi connectivity index (χ2v) is 7.89. The highest BCUT2D eigenvalue weighted by Gasteiger charge is 2.55. The van der Waals surface area contributed by atoms with Crippen molar-refractivity contribution in [1.29, 1.82) is 0 Å². The molecule has 0 unspecified atom stereocenters. The molecule has 2 fully saturated rings. The zero-order valence-corrected chi connectivity index (χ0v) is 13.2. The Hall–Kier alpha value is -0.340. The van der Waals surface area contributed by atoms with Gasteiger partial charge in [0.25, 0.3) is 0 Å². The van der Waals surface area contributed by atoms with Gasteiger partial charge in [-0.05, 0) is 58.9 Å². The third-order valence-electron chi connectivity index (χ3n) is 6.25. The number of hydrogen-bond donors (Lipinski definition) is 0. The van der Waals surface area contributed by atoms with Gasteiger partial charge < -0.3 is 4.74 Å². The van der Waals surface area contributed by atoms with Crippen LogP contribution in [0.5, 0.6) is 0 Å². The van der Waals surface area contributed by atoms with Crippen molar-refractivity contribution in [2.75, 3.05) is 13.8 Å². The Labute approximate surface area is 118 Å². The highest BCUT2D eigenvalue weighted by molar-refractivity contribution is 5.20. The molecule has 0 spiro atoms. The van der Waals surface area contributed by atoms with Crippen LogP contribution in [0.25, 0.3) is 0 Å². The molecule has 4 atom stereocenters. The van der Waals surface area contributed by atoms with Crippen molar-refractivity contribution in [3.05, 3.63) is 11.6 Å². The maximum atomic E-state index is 6.10. The Balaban J connectivity index is 2.01. The summed E-state index contributed by atoms with van der Waals surface area (Å²) in [5, 5.41) is 0. The standard InChI is InChI=1S/C17H29NO/c1-12-7-6-9-17(4)10-8-13-15(14(12)17)18(5)11-19-16(13,2)3/h7,13-15H,6,8-11H2,1-5H3/t13-,14-,15+,17+/m0/s1. The van der Waals surface area contributed by atoms with E-state index < -0.39 is 0 Å². The molecular weight excluding hydrogens is 234 g/mol. The minimum atomic E-state index is 0.0379. The van der Waals surface area contributed by atoms with Gasteiger partial charge in [0.15, 0.2) is 0 Å². The molecule has 0 amide bonds. The maximum absolute atomic E-state index is 6.10. The van der Waals surface area contributed by atoms with Crippen molar-refractivity contribution in [3.63, 3.8) is 0 Å². The topological polar surface area (TPSA) is 12.5 Å². The summed E-state index contributed by atoms with van der Waals surface area (Å²) in [6, 6.07) is 0.666. The molecule has 3 aliphatic rings. The highest BCUT2D eigenvalue weighted by atomic mass is 16.5. The molecule has 0 aromatic rings. The molecule has 1 saturated heterocycles. The predicted octanol–water partition coefficient (Wildman–Crippen LogP) is 3.83. The Morgan fingerprint density at radius 2 is 2.00 bits per heavy atom. The monoisotopic (exact) mass is 263 g/mol. The van der Waals surface area contributed by atoms with Gasteiger partial charge in [-0.1, -0.05) is 18.6 Å². The van der Waals surface area contributed by atoms with Crippen molar-refractivity contribution in [2.45, 2.75) is 65.0 Å². The quantitative estimate of drug-likeness (QED) is 0.616. The molecule has 1 aliphatic heterocycles. The average molecular weight is 263 g/mol. The summed E-state index contributed by atoms with van der Waals surface area (Å²) >= 11 is 0. The summed E-state index contributed by atoms with van der Waals surface area (Å²) in [6.45, 7) is 10.3. The van der Waals surface area contributed by atoms with E-state index in [1.54, 1.807) is 5.57 Å². The molecule has 108 valence electrons. The fourth-order valence-electron chi connectivity index (χ4n) is 5.09. The third-order valence-corrected chi connectivity index (χ3v) is 6.25. The van der Waals surface area contributed by atoms with Crippen LogP contribution in [-0.4, -0.2) is 30.3 Å². The van der Waals surface area contributed by atoms with E-state index in [9.17, 15) is 0 Å². The van der Waals surface area contributed by atoms with Crippen LogP contribution in [0.1, 0.15) is 53.4 Å². The first-order valence-electron chi connectivity index (χ1n) is 7.86. The van der Waals surface area contributed by atoms with Gasteiger partial charge in [-0.2, -0.15) is 0 Å². The summed E-state index contributed by atoms with van der Waals surface area (Å²) in [5.41, 5.74) is 2.19. The van der Waals surface area contributed by atoms with Gasteiger partial charge in [0, 0.05) is 17.9 Å². The number of ether oxygens (including phenoxy) is 1. The van der Waals surface area contributed by atoms with Crippen molar-refractivity contribution in [2.24, 2.45) is 17.3 Å². The number of hydrogen-bond acceptors (Lipinski definition) is 2. The second-order valence-electron chi connectivity index (χ2n) is 7.89. The lowest BCUT2D eigenvalue weighted by atomic mass is 9.53. The summed E-state index contributed by atoms with van der Waals surface area (Å²) < 4.78 is 6.10. The van der Waals surface area contributed by atoms with Gasteiger partial charge in [-0.25, -0.2) is 0 Å². The van der Waals surface area contributed by atoms with Gasteiger partial charge >= 0.3 is 0 Å². The van der Waals surface area contributed by atoms with E-state index in [-0.39, 0.29) is 5.60 Å². The molecule has 0 bridgehead atoms. The summed E-state index contributed by atoms with van der Waals surface area (Å²) in [7, 11) is 2.25. The zero-order chi connectivity index (χ0) is 13.8. The molecular formula is C17H29NO. The molecule has 2 heteroatoms. The lowest BCUT2D eigenvalue weighted by Gasteiger charge is -2.60. The van der Waals surface area contributed by atoms with E-state index in [1.807, 2.05) is 0 Å². The molecule has 1 saturated carbocycles. The lowest BCUT2D eigenvalue weighted by Crippen LogP contribution is -2.63. The normalized spacial score (nSPS) is 46.2. The predicted molar refractivity (Wildman–Crippen MR) is 78.9 cm³/mol. The van der Waals surface area contributed by atoms with E-state index in [0.717, 1.165) is 12.6 Å². The van der Waals surface area contributed by atoms with Crippen LogP contribution in [0, 0.1) is 17.3 Å². The Morgan fingerprint density at radius 3 is 2.74 bits per heavy atom. The van der Waals surface area contributed by atoms with Crippen LogP contribution in [0.4, 0.5) is 0 Å². The Kier molecular flexibility index (Phi) is 3.10. The molecule has 19 heavy (non-hydrogen) atoms. The first kappa shape index (κ1) is 13.6. The van der Waals surface area contributed by atoms with Crippen LogP contribution in [0.3, 0.4) is 0 Å². The number of rotatable bonds is 0. The molecule has 3 rings (SSSR count). The zero-order valence-electron chi connectivity index (χ0n) is 13.2. The maximum Gasteiger partial charge on any atom is 0.0997 e. The van der Waals surface area contributed by atoms with Crippen molar-refractivity contribution in [3.8, 4) is 0 Å². The molecule has 2 nitrogen and oxygen atoms in total. The largest absolute Gasteiger partial charge is 0.360 e. The first-order valence-corrected chi connectivity index (χ1v) is 7.86. The molecule has 1 heterocycles. The summed E-state index contributed by atoms with van der Waals surface area (Å²) in [6.07, 6.45) is 7.82. The molecule has 0 N–H and O–H groups in total. The lowest BCUT2D eigenvalue weighted by molar-refractivity contribution is -0.207. The minimum absolute atomic E-state index is 0.0379. The van der Waals surface area contributed by atoms with Crippen LogP contribution in [-0.2, 0) is 4.74 Å². The number of fused-ring (bicyclic) bond motifs is 3. The van der Waals surface area contributed by atoms with E-state index in [2.05, 4.69) is 45.7 Å². The molecule has 0 aromatic carbocycles. The second kappa shape index (κ2) is 4.33. The van der Waals surface area contributed by atoms with Gasteiger partial charge in [0.2, 0.25) is 0 Å². The van der Waals surface area contributed by atoms with Crippen LogP contribution in [0.2, 0.25) is 0 Å². The van der Waals surface area contributed by atoms with Crippen molar-refractivity contribution < 1.29 is 4.74 Å². The SMILES string of the molecule is CC1=CCC[C@]2(C)CC[C@H]3[C@H]([C@H]12)N(C)COC3(C)C. The van der Waals surface area contributed by atoms with E-state index >= 15 is 0 Å². The molecule has 2 aliphatic carbocycles. The number of allylic oxidation sites excluding steroid dienone is 1. The van der Waals surface area contributed by atoms with Crippen molar-refractivity contribution >= 4 is 0 Å². The van der Waals surface area contributed by atoms with Gasteiger partial charge in [0.1, 0.15) is 0 Å². The van der Waals surface area contributed by atoms with Gasteiger partial charge in [-0.3, -0.25) is 4.90 Å². The van der Waals surface area contributed by atoms with E-state index in [4.69, 9.17) is 4.74 Å². The average Bonchev–Trinajstić information content (AvgIpc) is 2.33. The molecule has 0 radical (unpaired) electrons. The van der Waals surface area contributed by atoms with Crippen LogP contribution >= 0.6 is 0 Å². The number of nitrogens with zero attached hydrogens (tertiary/aromatic N) is 1. The van der Waals surface area contributed by atoms with Crippen molar-refractivity contribution in [1.82, 2.24) is 4.90 Å². The summed E-state index contributed by atoms with van der Waals surface area (Å²) in [4.78, 5) is 2.47. The van der Waals surface area contributed by atoms with E-state index in [0.29, 0.717) is 17.4 Å². The molecule has 0 aromatic heterocycles. The first-order chi connectivity index (χ1) is 8.85. The van der Waals surface area contributed by atoms with Crippen LogP contribution in [0.15, 0.2) is 11.6 Å². The van der Waals surface area contributed by atoms with Gasteiger partial charge in [-0.15, -0.1) is 0 Å². The van der Waals surface area contributed by atoms with Crippen LogP contribution < -0.4 is 0 Å².